The fourth-order valence-electron chi connectivity index (χ4n) is 1.70. The third-order valence-electron chi connectivity index (χ3n) is 2.62. The van der Waals surface area contributed by atoms with Crippen LogP contribution in [0.1, 0.15) is 18.5 Å². The molecule has 1 unspecified atom stereocenters. The zero-order chi connectivity index (χ0) is 11.9. The summed E-state index contributed by atoms with van der Waals surface area (Å²) in [6, 6.07) is 5.32. The molecule has 1 aromatic heterocycles. The average Bonchev–Trinajstić information content (AvgIpc) is 2.55. The van der Waals surface area contributed by atoms with Gasteiger partial charge in [0.1, 0.15) is 0 Å². The molecule has 0 spiro atoms. The summed E-state index contributed by atoms with van der Waals surface area (Å²) < 4.78 is 1.65. The number of aromatic nitrogens is 2. The number of benzene rings is 1. The number of hydrogen-bond donors (Lipinski definition) is 1. The predicted octanol–water partition coefficient (Wildman–Crippen LogP) is 2.41. The van der Waals surface area contributed by atoms with Crippen molar-refractivity contribution < 1.29 is 9.90 Å². The molecular weight excluding hydrogens is 228 g/mol. The van der Waals surface area contributed by atoms with Crippen LogP contribution in [-0.2, 0) is 11.8 Å². The number of carboxylic acid groups (broad SMARTS) is 1. The predicted molar refractivity (Wildman–Crippen MR) is 61.8 cm³/mol. The maximum absolute atomic E-state index is 10.9. The number of aliphatic carboxylic acids is 1. The molecule has 1 heterocycles. The molecule has 4 nitrogen and oxygen atoms in total. The second-order valence-corrected chi connectivity index (χ2v) is 4.17. The van der Waals surface area contributed by atoms with Gasteiger partial charge in [-0.05, 0) is 25.1 Å². The molecule has 1 aromatic carbocycles. The average molecular weight is 239 g/mol. The first-order valence-corrected chi connectivity index (χ1v) is 5.23. The highest BCUT2D eigenvalue weighted by atomic mass is 35.5. The normalized spacial score (nSPS) is 12.9. The Hall–Kier alpha value is -1.55. The van der Waals surface area contributed by atoms with Crippen molar-refractivity contribution in [2.75, 3.05) is 0 Å². The molecule has 0 radical (unpaired) electrons. The Kier molecular flexibility index (Phi) is 2.59. The van der Waals surface area contributed by atoms with Crippen LogP contribution in [0.4, 0.5) is 0 Å². The molecule has 1 N–H and O–H groups in total. The zero-order valence-electron chi connectivity index (χ0n) is 8.94. The Balaban J connectivity index is 2.68. The van der Waals surface area contributed by atoms with Crippen LogP contribution in [0.15, 0.2) is 18.2 Å². The first kappa shape index (κ1) is 11.0. The minimum absolute atomic E-state index is 0.571. The second-order valence-electron chi connectivity index (χ2n) is 3.73. The minimum atomic E-state index is -0.880. The van der Waals surface area contributed by atoms with E-state index in [4.69, 9.17) is 16.7 Å². The van der Waals surface area contributed by atoms with E-state index >= 15 is 0 Å². The Morgan fingerprint density at radius 3 is 2.88 bits per heavy atom. The van der Waals surface area contributed by atoms with Gasteiger partial charge in [0.15, 0.2) is 0 Å². The smallest absolute Gasteiger partial charge is 0.312 e. The standard InChI is InChI=1S/C11H11ClN2O2/c1-6(11(15)16)10-8-4-3-7(12)5-9(8)14(2)13-10/h3-6H,1-2H3,(H,15,16). The highest BCUT2D eigenvalue weighted by molar-refractivity contribution is 6.31. The molecule has 2 rings (SSSR count). The summed E-state index contributed by atoms with van der Waals surface area (Å²) in [7, 11) is 1.77. The van der Waals surface area contributed by atoms with E-state index in [1.165, 1.54) is 0 Å². The summed E-state index contributed by atoms with van der Waals surface area (Å²) in [4.78, 5) is 10.9. The van der Waals surface area contributed by atoms with Gasteiger partial charge in [0.2, 0.25) is 0 Å². The fourth-order valence-corrected chi connectivity index (χ4v) is 1.86. The fraction of sp³-hybridized carbons (Fsp3) is 0.273. The molecule has 1 atom stereocenters. The van der Waals surface area contributed by atoms with Crippen LogP contribution >= 0.6 is 11.6 Å². The molecule has 5 heteroatoms. The van der Waals surface area contributed by atoms with E-state index in [0.29, 0.717) is 10.7 Å². The van der Waals surface area contributed by atoms with Gasteiger partial charge in [0.25, 0.3) is 0 Å². The Bertz CT molecular complexity index is 562. The minimum Gasteiger partial charge on any atom is -0.481 e. The molecule has 0 amide bonds. The van der Waals surface area contributed by atoms with Crippen molar-refractivity contribution in [2.24, 2.45) is 7.05 Å². The number of nitrogens with zero attached hydrogens (tertiary/aromatic N) is 2. The first-order chi connectivity index (χ1) is 7.50. The van der Waals surface area contributed by atoms with Crippen molar-refractivity contribution in [3.8, 4) is 0 Å². The summed E-state index contributed by atoms with van der Waals surface area (Å²) in [6.45, 7) is 1.62. The van der Waals surface area contributed by atoms with E-state index in [0.717, 1.165) is 10.9 Å². The van der Waals surface area contributed by atoms with Gasteiger partial charge in [-0.15, -0.1) is 0 Å². The quantitative estimate of drug-likeness (QED) is 0.874. The number of carbonyl (C=O) groups is 1. The van der Waals surface area contributed by atoms with Crippen molar-refractivity contribution in [1.29, 1.82) is 0 Å². The van der Waals surface area contributed by atoms with Crippen molar-refractivity contribution >= 4 is 28.5 Å². The third-order valence-corrected chi connectivity index (χ3v) is 2.86. The number of rotatable bonds is 2. The Labute approximate surface area is 97.4 Å². The number of hydrogen-bond acceptors (Lipinski definition) is 2. The lowest BCUT2D eigenvalue weighted by atomic mass is 10.0. The summed E-state index contributed by atoms with van der Waals surface area (Å²) in [5, 5.41) is 14.7. The van der Waals surface area contributed by atoms with Crippen LogP contribution in [0.5, 0.6) is 0 Å². The molecule has 0 aliphatic heterocycles. The summed E-state index contributed by atoms with van der Waals surface area (Å²) in [5.41, 5.74) is 1.41. The lowest BCUT2D eigenvalue weighted by molar-refractivity contribution is -0.138. The van der Waals surface area contributed by atoms with Crippen LogP contribution in [-0.4, -0.2) is 20.9 Å². The molecule has 2 aromatic rings. The van der Waals surface area contributed by atoms with Gasteiger partial charge in [0.05, 0.1) is 17.1 Å². The van der Waals surface area contributed by atoms with Gasteiger partial charge in [-0.2, -0.15) is 5.10 Å². The number of fused-ring (bicyclic) bond motifs is 1. The highest BCUT2D eigenvalue weighted by Crippen LogP contribution is 2.26. The van der Waals surface area contributed by atoms with E-state index in [9.17, 15) is 4.79 Å². The molecule has 0 bridgehead atoms. The van der Waals surface area contributed by atoms with E-state index in [2.05, 4.69) is 5.10 Å². The lowest BCUT2D eigenvalue weighted by Crippen LogP contribution is -2.08. The second kappa shape index (κ2) is 3.79. The summed E-state index contributed by atoms with van der Waals surface area (Å²) in [6.07, 6.45) is 0. The van der Waals surface area contributed by atoms with Gasteiger partial charge in [0, 0.05) is 17.5 Å². The lowest BCUT2D eigenvalue weighted by Gasteiger charge is -2.01. The number of halogens is 1. The van der Waals surface area contributed by atoms with E-state index in [1.807, 2.05) is 0 Å². The van der Waals surface area contributed by atoms with E-state index in [-0.39, 0.29) is 0 Å². The van der Waals surface area contributed by atoms with Crippen LogP contribution in [0.2, 0.25) is 5.02 Å². The van der Waals surface area contributed by atoms with Gasteiger partial charge in [-0.1, -0.05) is 11.6 Å². The van der Waals surface area contributed by atoms with Crippen LogP contribution in [0, 0.1) is 0 Å². The van der Waals surface area contributed by atoms with Gasteiger partial charge < -0.3 is 5.11 Å². The SMILES string of the molecule is CC(C(=O)O)c1nn(C)c2cc(Cl)ccc12. The largest absolute Gasteiger partial charge is 0.481 e. The van der Waals surface area contributed by atoms with Crippen molar-refractivity contribution in [1.82, 2.24) is 9.78 Å². The van der Waals surface area contributed by atoms with Crippen LogP contribution in [0.25, 0.3) is 10.9 Å². The van der Waals surface area contributed by atoms with E-state index < -0.39 is 11.9 Å². The number of carboxylic acids is 1. The van der Waals surface area contributed by atoms with Gasteiger partial charge >= 0.3 is 5.97 Å². The summed E-state index contributed by atoms with van der Waals surface area (Å²) >= 11 is 5.88. The maximum Gasteiger partial charge on any atom is 0.312 e. The molecule has 16 heavy (non-hydrogen) atoms. The number of aryl methyl sites for hydroxylation is 1. The van der Waals surface area contributed by atoms with Crippen molar-refractivity contribution in [2.45, 2.75) is 12.8 Å². The molecule has 0 aliphatic carbocycles. The van der Waals surface area contributed by atoms with Crippen LogP contribution < -0.4 is 0 Å². The molecule has 0 aliphatic rings. The molecular formula is C11H11ClN2O2. The first-order valence-electron chi connectivity index (χ1n) is 4.85. The Morgan fingerprint density at radius 1 is 1.56 bits per heavy atom. The van der Waals surface area contributed by atoms with E-state index in [1.54, 1.807) is 36.9 Å². The topological polar surface area (TPSA) is 55.1 Å². The Morgan fingerprint density at radius 2 is 2.25 bits per heavy atom. The highest BCUT2D eigenvalue weighted by Gasteiger charge is 2.20. The maximum atomic E-state index is 10.9. The summed E-state index contributed by atoms with van der Waals surface area (Å²) in [5.74, 6) is -1.50. The molecule has 0 saturated carbocycles. The molecule has 84 valence electrons. The van der Waals surface area contributed by atoms with Gasteiger partial charge in [-0.3, -0.25) is 9.48 Å². The van der Waals surface area contributed by atoms with Crippen molar-refractivity contribution in [3.05, 3.63) is 28.9 Å². The monoisotopic (exact) mass is 238 g/mol. The molecule has 0 saturated heterocycles. The van der Waals surface area contributed by atoms with Crippen molar-refractivity contribution in [3.63, 3.8) is 0 Å². The molecule has 0 fully saturated rings. The van der Waals surface area contributed by atoms with Gasteiger partial charge in [-0.25, -0.2) is 0 Å². The third kappa shape index (κ3) is 1.65. The zero-order valence-corrected chi connectivity index (χ0v) is 9.69. The van der Waals surface area contributed by atoms with Crippen LogP contribution in [0.3, 0.4) is 0 Å².